The Morgan fingerprint density at radius 3 is 2.55 bits per heavy atom. The highest BCUT2D eigenvalue weighted by Gasteiger charge is 2.20. The molecule has 0 saturated carbocycles. The van der Waals surface area contributed by atoms with E-state index in [0.29, 0.717) is 18.8 Å². The van der Waals surface area contributed by atoms with Crippen LogP contribution in [0.1, 0.15) is 56.6 Å². The molecule has 0 atom stereocenters. The average molecular weight is 448 g/mol. The van der Waals surface area contributed by atoms with Gasteiger partial charge in [-0.1, -0.05) is 30.3 Å². The molecule has 1 N–H and O–H groups in total. The molecule has 0 unspecified atom stereocenters. The van der Waals surface area contributed by atoms with Crippen LogP contribution < -0.4 is 4.74 Å². The van der Waals surface area contributed by atoms with Crippen molar-refractivity contribution in [3.05, 3.63) is 65.9 Å². The molecule has 0 spiro atoms. The molecule has 3 aromatic rings. The molecule has 1 aliphatic rings. The van der Waals surface area contributed by atoms with Gasteiger partial charge in [-0.25, -0.2) is 4.79 Å². The number of nitrogens with zero attached hydrogens (tertiary/aromatic N) is 2. The zero-order valence-electron chi connectivity index (χ0n) is 20.1. The molecular weight excluding hydrogens is 410 g/mol. The molecule has 0 radical (unpaired) electrons. The fraction of sp³-hybridized carbons (Fsp3) is 0.464. The maximum atomic E-state index is 12.3. The number of hydrogen-bond acceptors (Lipinski definition) is 3. The molecule has 2 aromatic carbocycles. The van der Waals surface area contributed by atoms with E-state index in [9.17, 15) is 4.79 Å². The normalized spacial score (nSPS) is 15.1. The summed E-state index contributed by atoms with van der Waals surface area (Å²) in [4.78, 5) is 20.0. The van der Waals surface area contributed by atoms with Crippen molar-refractivity contribution in [2.24, 2.45) is 0 Å². The molecule has 176 valence electrons. The van der Waals surface area contributed by atoms with Gasteiger partial charge in [0.2, 0.25) is 0 Å². The molecule has 1 aliphatic heterocycles. The molecule has 4 rings (SSSR count). The molecule has 1 aromatic heterocycles. The van der Waals surface area contributed by atoms with E-state index in [1.54, 1.807) is 4.90 Å². The van der Waals surface area contributed by atoms with Gasteiger partial charge in [-0.05, 0) is 101 Å². The van der Waals surface area contributed by atoms with Gasteiger partial charge in [-0.15, -0.1) is 0 Å². The number of aromatic amines is 1. The molecule has 0 bridgehead atoms. The van der Waals surface area contributed by atoms with Crippen LogP contribution in [-0.4, -0.2) is 53.6 Å². The first kappa shape index (κ1) is 23.4. The van der Waals surface area contributed by atoms with E-state index in [0.717, 1.165) is 29.7 Å². The van der Waals surface area contributed by atoms with Gasteiger partial charge in [-0.3, -0.25) is 0 Å². The Bertz CT molecular complexity index is 1020. The fourth-order valence-electron chi connectivity index (χ4n) is 4.94. The number of carbonyl (C=O) groups excluding carboxylic acids is 1. The number of benzene rings is 2. The lowest BCUT2D eigenvalue weighted by Gasteiger charge is -2.32. The minimum absolute atomic E-state index is 0.285. The summed E-state index contributed by atoms with van der Waals surface area (Å²) in [5.41, 5.74) is 3.89. The predicted molar refractivity (Wildman–Crippen MR) is 135 cm³/mol. The van der Waals surface area contributed by atoms with Gasteiger partial charge in [0.1, 0.15) is 5.75 Å². The van der Waals surface area contributed by atoms with Crippen molar-refractivity contribution >= 4 is 17.0 Å². The second kappa shape index (κ2) is 11.4. The van der Waals surface area contributed by atoms with Crippen molar-refractivity contribution < 1.29 is 9.53 Å². The van der Waals surface area contributed by atoms with Crippen LogP contribution in [0.2, 0.25) is 0 Å². The number of hydrogen-bond donors (Lipinski definition) is 1. The minimum Gasteiger partial charge on any atom is -0.410 e. The van der Waals surface area contributed by atoms with Crippen LogP contribution in [0.5, 0.6) is 5.75 Å². The summed E-state index contributed by atoms with van der Waals surface area (Å²) in [5.74, 6) is 1.33. The van der Waals surface area contributed by atoms with Crippen molar-refractivity contribution in [1.29, 1.82) is 0 Å². The zero-order valence-corrected chi connectivity index (χ0v) is 20.1. The first-order valence-electron chi connectivity index (χ1n) is 12.5. The highest BCUT2D eigenvalue weighted by Crippen LogP contribution is 2.28. The van der Waals surface area contributed by atoms with Crippen molar-refractivity contribution in [3.63, 3.8) is 0 Å². The third-order valence-electron chi connectivity index (χ3n) is 6.99. The number of rotatable bonds is 9. The second-order valence-electron chi connectivity index (χ2n) is 9.05. The summed E-state index contributed by atoms with van der Waals surface area (Å²) in [6, 6.07) is 16.8. The molecule has 1 fully saturated rings. The van der Waals surface area contributed by atoms with E-state index < -0.39 is 0 Å². The Morgan fingerprint density at radius 2 is 1.82 bits per heavy atom. The highest BCUT2D eigenvalue weighted by molar-refractivity contribution is 5.85. The number of H-pyrrole nitrogens is 1. The van der Waals surface area contributed by atoms with Crippen LogP contribution in [0.3, 0.4) is 0 Å². The van der Waals surface area contributed by atoms with Crippen LogP contribution in [0.15, 0.2) is 54.7 Å². The Morgan fingerprint density at radius 1 is 1.06 bits per heavy atom. The second-order valence-corrected chi connectivity index (χ2v) is 9.05. The Hall–Kier alpha value is -2.79. The standard InChI is InChI=1S/C28H37N3O2/c1-3-31(4-2)28(32)33-25-13-14-27-26(20-25)24(21-29-27)12-8-9-17-30-18-15-23(16-19-30)22-10-6-5-7-11-22/h5-7,10-11,13-14,20-21,23,29H,3-4,8-9,12,15-19H2,1-2H3. The first-order chi connectivity index (χ1) is 16.2. The fourth-order valence-corrected chi connectivity index (χ4v) is 4.94. The first-order valence-corrected chi connectivity index (χ1v) is 12.5. The number of nitrogens with one attached hydrogen (secondary N) is 1. The number of carbonyl (C=O) groups is 1. The third kappa shape index (κ3) is 5.97. The maximum Gasteiger partial charge on any atom is 0.415 e. The summed E-state index contributed by atoms with van der Waals surface area (Å²) in [6.45, 7) is 8.81. The number of ether oxygens (including phenoxy) is 1. The molecular formula is C28H37N3O2. The molecule has 2 heterocycles. The summed E-state index contributed by atoms with van der Waals surface area (Å²) >= 11 is 0. The van der Waals surface area contributed by atoms with E-state index >= 15 is 0 Å². The average Bonchev–Trinajstić information content (AvgIpc) is 3.26. The van der Waals surface area contributed by atoms with Gasteiger partial charge in [0.25, 0.3) is 0 Å². The van der Waals surface area contributed by atoms with Gasteiger partial charge >= 0.3 is 6.09 Å². The maximum absolute atomic E-state index is 12.3. The minimum atomic E-state index is -0.285. The Kier molecular flexibility index (Phi) is 8.05. The topological polar surface area (TPSA) is 48.6 Å². The largest absolute Gasteiger partial charge is 0.415 e. The number of amides is 1. The lowest BCUT2D eigenvalue weighted by Crippen LogP contribution is -2.33. The number of likely N-dealkylation sites (tertiary alicyclic amines) is 1. The van der Waals surface area contributed by atoms with Gasteiger partial charge in [0.15, 0.2) is 0 Å². The SMILES string of the molecule is CCN(CC)C(=O)Oc1ccc2[nH]cc(CCCCN3CCC(c4ccccc4)CC3)c2c1. The number of fused-ring (bicyclic) bond motifs is 1. The van der Waals surface area contributed by atoms with E-state index in [2.05, 4.69) is 46.4 Å². The molecule has 1 saturated heterocycles. The van der Waals surface area contributed by atoms with Crippen molar-refractivity contribution in [1.82, 2.24) is 14.8 Å². The molecule has 0 aliphatic carbocycles. The molecule has 5 nitrogen and oxygen atoms in total. The van der Waals surface area contributed by atoms with E-state index in [1.807, 2.05) is 32.0 Å². The quantitative estimate of drug-likeness (QED) is 0.397. The number of piperidine rings is 1. The smallest absolute Gasteiger partial charge is 0.410 e. The van der Waals surface area contributed by atoms with Crippen molar-refractivity contribution in [2.45, 2.75) is 51.9 Å². The zero-order chi connectivity index (χ0) is 23.0. The summed E-state index contributed by atoms with van der Waals surface area (Å²) < 4.78 is 5.60. The molecule has 33 heavy (non-hydrogen) atoms. The molecule has 1 amide bonds. The third-order valence-corrected chi connectivity index (χ3v) is 6.99. The molecule has 5 heteroatoms. The van der Waals surface area contributed by atoms with Gasteiger partial charge in [0.05, 0.1) is 0 Å². The van der Waals surface area contributed by atoms with Crippen LogP contribution >= 0.6 is 0 Å². The lowest BCUT2D eigenvalue weighted by atomic mass is 9.89. The summed E-state index contributed by atoms with van der Waals surface area (Å²) in [6.07, 6.45) is 7.75. The van der Waals surface area contributed by atoms with Crippen LogP contribution in [-0.2, 0) is 6.42 Å². The van der Waals surface area contributed by atoms with E-state index in [4.69, 9.17) is 4.74 Å². The Labute approximate surface area is 197 Å². The lowest BCUT2D eigenvalue weighted by molar-refractivity contribution is 0.157. The van der Waals surface area contributed by atoms with E-state index in [-0.39, 0.29) is 6.09 Å². The number of aromatic nitrogens is 1. The van der Waals surface area contributed by atoms with E-state index in [1.165, 1.54) is 50.0 Å². The van der Waals surface area contributed by atoms with Crippen molar-refractivity contribution in [3.8, 4) is 5.75 Å². The summed E-state index contributed by atoms with van der Waals surface area (Å²) in [5, 5.41) is 1.16. The van der Waals surface area contributed by atoms with Crippen LogP contribution in [0.4, 0.5) is 4.79 Å². The van der Waals surface area contributed by atoms with Gasteiger partial charge < -0.3 is 19.5 Å². The van der Waals surface area contributed by atoms with Gasteiger partial charge in [-0.2, -0.15) is 0 Å². The highest BCUT2D eigenvalue weighted by atomic mass is 16.6. The predicted octanol–water partition coefficient (Wildman–Crippen LogP) is 6.21. The van der Waals surface area contributed by atoms with Gasteiger partial charge in [0, 0.05) is 30.2 Å². The van der Waals surface area contributed by atoms with Crippen LogP contribution in [0.25, 0.3) is 10.9 Å². The van der Waals surface area contributed by atoms with Crippen molar-refractivity contribution in [2.75, 3.05) is 32.7 Å². The Balaban J connectivity index is 1.24. The van der Waals surface area contributed by atoms with Crippen LogP contribution in [0, 0.1) is 0 Å². The number of unbranched alkanes of at least 4 members (excludes halogenated alkanes) is 1. The number of aryl methyl sites for hydroxylation is 1. The summed E-state index contributed by atoms with van der Waals surface area (Å²) in [7, 11) is 0. The monoisotopic (exact) mass is 447 g/mol.